The first-order chi connectivity index (χ1) is 12.1. The summed E-state index contributed by atoms with van der Waals surface area (Å²) in [6.45, 7) is 0.323. The fraction of sp³-hybridized carbons (Fsp3) is 0.0556. The highest BCUT2D eigenvalue weighted by Crippen LogP contribution is 2.32. The molecule has 2 heterocycles. The van der Waals surface area contributed by atoms with E-state index in [0.29, 0.717) is 22.5 Å². The maximum atomic E-state index is 12.5. The van der Waals surface area contributed by atoms with Crippen molar-refractivity contribution in [1.82, 2.24) is 20.5 Å². The molecule has 6 nitrogen and oxygen atoms in total. The lowest BCUT2D eigenvalue weighted by Gasteiger charge is -2.09. The van der Waals surface area contributed by atoms with Crippen molar-refractivity contribution in [3.05, 3.63) is 64.9 Å². The van der Waals surface area contributed by atoms with Crippen LogP contribution >= 0.6 is 11.6 Å². The third-order valence-electron chi connectivity index (χ3n) is 4.04. The number of amides is 1. The number of rotatable bonds is 3. The number of carbonyl (C=O) groups excluding carboxylic acids is 1. The number of nitrogens with one attached hydrogen (secondary N) is 2. The van der Waals surface area contributed by atoms with Gasteiger partial charge in [-0.2, -0.15) is 5.10 Å². The van der Waals surface area contributed by atoms with E-state index in [1.807, 2.05) is 18.2 Å². The van der Waals surface area contributed by atoms with Gasteiger partial charge in [0, 0.05) is 23.2 Å². The number of benzene rings is 2. The summed E-state index contributed by atoms with van der Waals surface area (Å²) >= 11 is 5.85. The average Bonchev–Trinajstić information content (AvgIpc) is 3.10. The molecule has 3 N–H and O–H groups in total. The zero-order chi connectivity index (χ0) is 17.4. The van der Waals surface area contributed by atoms with Crippen molar-refractivity contribution in [1.29, 1.82) is 0 Å². The molecule has 0 saturated carbocycles. The molecule has 0 unspecified atom stereocenters. The van der Waals surface area contributed by atoms with Crippen molar-refractivity contribution in [2.75, 3.05) is 0 Å². The van der Waals surface area contributed by atoms with E-state index in [1.54, 1.807) is 24.4 Å². The van der Waals surface area contributed by atoms with Gasteiger partial charge in [0.1, 0.15) is 11.3 Å². The van der Waals surface area contributed by atoms with Gasteiger partial charge in [-0.1, -0.05) is 23.7 Å². The van der Waals surface area contributed by atoms with Crippen LogP contribution in [0.15, 0.2) is 48.8 Å². The second-order valence-corrected chi connectivity index (χ2v) is 6.06. The summed E-state index contributed by atoms with van der Waals surface area (Å²) in [4.78, 5) is 16.7. The molecular formula is C18H13ClN4O2. The smallest absolute Gasteiger partial charge is 0.256 e. The van der Waals surface area contributed by atoms with Gasteiger partial charge in [0.25, 0.3) is 5.91 Å². The molecule has 0 radical (unpaired) electrons. The molecule has 0 aliphatic rings. The highest BCUT2D eigenvalue weighted by molar-refractivity contribution is 6.30. The van der Waals surface area contributed by atoms with E-state index < -0.39 is 5.91 Å². The van der Waals surface area contributed by atoms with Crippen LogP contribution in [0.1, 0.15) is 15.9 Å². The zero-order valence-electron chi connectivity index (χ0n) is 13.0. The molecule has 0 aliphatic heterocycles. The van der Waals surface area contributed by atoms with E-state index >= 15 is 0 Å². The van der Waals surface area contributed by atoms with Gasteiger partial charge in [0.2, 0.25) is 0 Å². The lowest BCUT2D eigenvalue weighted by molar-refractivity contribution is 0.0948. The number of aromatic nitrogens is 3. The van der Waals surface area contributed by atoms with E-state index in [-0.39, 0.29) is 11.3 Å². The number of carbonyl (C=O) groups is 1. The Labute approximate surface area is 147 Å². The Morgan fingerprint density at radius 2 is 1.96 bits per heavy atom. The number of hydrogen-bond donors (Lipinski definition) is 3. The molecule has 0 saturated heterocycles. The second kappa shape index (κ2) is 6.07. The molecule has 124 valence electrons. The quantitative estimate of drug-likeness (QED) is 0.527. The first-order valence-electron chi connectivity index (χ1n) is 7.60. The number of aromatic amines is 1. The predicted molar refractivity (Wildman–Crippen MR) is 95.7 cm³/mol. The van der Waals surface area contributed by atoms with Gasteiger partial charge in [-0.3, -0.25) is 14.9 Å². The van der Waals surface area contributed by atoms with Crippen molar-refractivity contribution in [3.8, 4) is 5.75 Å². The van der Waals surface area contributed by atoms with Crippen LogP contribution in [0.3, 0.4) is 0 Å². The number of aromatic hydroxyl groups is 1. The van der Waals surface area contributed by atoms with Crippen LogP contribution in [-0.4, -0.2) is 26.2 Å². The fourth-order valence-corrected chi connectivity index (χ4v) is 2.86. The molecule has 0 fully saturated rings. The minimum absolute atomic E-state index is 0.106. The molecule has 4 aromatic rings. The number of H-pyrrole nitrogens is 1. The monoisotopic (exact) mass is 352 g/mol. The molecule has 0 atom stereocenters. The normalized spacial score (nSPS) is 11.1. The van der Waals surface area contributed by atoms with Crippen LogP contribution in [0, 0.1) is 0 Å². The zero-order valence-corrected chi connectivity index (χ0v) is 13.7. The minimum atomic E-state index is -0.401. The summed E-state index contributed by atoms with van der Waals surface area (Å²) in [5.41, 5.74) is 2.39. The summed E-state index contributed by atoms with van der Waals surface area (Å²) in [5.74, 6) is -0.507. The molecule has 2 aromatic carbocycles. The molecule has 0 spiro atoms. The van der Waals surface area contributed by atoms with Crippen molar-refractivity contribution in [3.63, 3.8) is 0 Å². The van der Waals surface area contributed by atoms with Gasteiger partial charge in [-0.25, -0.2) is 0 Å². The van der Waals surface area contributed by atoms with E-state index in [0.717, 1.165) is 16.5 Å². The largest absolute Gasteiger partial charge is 0.506 e. The first kappa shape index (κ1) is 15.4. The number of hydrogen-bond acceptors (Lipinski definition) is 4. The number of halogens is 1. The van der Waals surface area contributed by atoms with Crippen LogP contribution in [0.25, 0.3) is 21.8 Å². The van der Waals surface area contributed by atoms with Gasteiger partial charge >= 0.3 is 0 Å². The summed E-state index contributed by atoms with van der Waals surface area (Å²) in [5, 5.41) is 22.1. The van der Waals surface area contributed by atoms with Gasteiger partial charge in [0.05, 0.1) is 22.6 Å². The summed E-state index contributed by atoms with van der Waals surface area (Å²) in [6, 6.07) is 10.8. The third kappa shape index (κ3) is 2.77. The lowest BCUT2D eigenvalue weighted by atomic mass is 10.1. The Hall–Kier alpha value is -3.12. The Bertz CT molecular complexity index is 1090. The molecule has 4 rings (SSSR count). The van der Waals surface area contributed by atoms with Crippen molar-refractivity contribution >= 4 is 39.3 Å². The Kier molecular flexibility index (Phi) is 3.74. The van der Waals surface area contributed by atoms with Crippen LogP contribution < -0.4 is 5.32 Å². The van der Waals surface area contributed by atoms with Crippen molar-refractivity contribution in [2.45, 2.75) is 6.54 Å². The molecule has 7 heteroatoms. The van der Waals surface area contributed by atoms with Crippen LogP contribution in [0.2, 0.25) is 5.02 Å². The molecule has 25 heavy (non-hydrogen) atoms. The molecule has 1 amide bonds. The number of fused-ring (bicyclic) bond motifs is 3. The van der Waals surface area contributed by atoms with E-state index in [2.05, 4.69) is 20.5 Å². The molecule has 0 bridgehead atoms. The van der Waals surface area contributed by atoms with E-state index in [1.165, 1.54) is 6.20 Å². The Morgan fingerprint density at radius 3 is 2.76 bits per heavy atom. The topological polar surface area (TPSA) is 90.9 Å². The first-order valence-corrected chi connectivity index (χ1v) is 7.97. The highest BCUT2D eigenvalue weighted by Gasteiger charge is 2.17. The third-order valence-corrected chi connectivity index (χ3v) is 4.29. The van der Waals surface area contributed by atoms with Gasteiger partial charge < -0.3 is 10.4 Å². The molecule has 0 aliphatic carbocycles. The van der Waals surface area contributed by atoms with Crippen LogP contribution in [0.5, 0.6) is 5.75 Å². The van der Waals surface area contributed by atoms with Crippen molar-refractivity contribution in [2.24, 2.45) is 0 Å². The standard InChI is InChI=1S/C18H13ClN4O2/c19-11-3-1-10(2-4-11)7-21-18(25)13-8-20-15-6-5-14-12(9-22-23-14)16(15)17(13)24/h1-6,8-9H,7H2,(H,20,24)(H,21,25)(H,22,23). The number of nitrogens with zero attached hydrogens (tertiary/aromatic N) is 2. The molecule has 2 aromatic heterocycles. The second-order valence-electron chi connectivity index (χ2n) is 5.62. The van der Waals surface area contributed by atoms with Gasteiger partial charge in [-0.15, -0.1) is 0 Å². The van der Waals surface area contributed by atoms with Gasteiger partial charge in [0.15, 0.2) is 0 Å². The lowest BCUT2D eigenvalue weighted by Crippen LogP contribution is -2.23. The van der Waals surface area contributed by atoms with Crippen molar-refractivity contribution < 1.29 is 9.90 Å². The fourth-order valence-electron chi connectivity index (χ4n) is 2.74. The Morgan fingerprint density at radius 1 is 1.16 bits per heavy atom. The van der Waals surface area contributed by atoms with E-state index in [9.17, 15) is 9.90 Å². The van der Waals surface area contributed by atoms with E-state index in [4.69, 9.17) is 11.6 Å². The maximum Gasteiger partial charge on any atom is 0.256 e. The SMILES string of the molecule is O=C(NCc1ccc(Cl)cc1)c1cnc2ccc3[nH]ncc3c2c1O. The van der Waals surface area contributed by atoms with Crippen LogP contribution in [-0.2, 0) is 6.54 Å². The predicted octanol–water partition coefficient (Wildman–Crippen LogP) is 3.40. The highest BCUT2D eigenvalue weighted by atomic mass is 35.5. The molecular weight excluding hydrogens is 340 g/mol. The Balaban J connectivity index is 1.67. The maximum absolute atomic E-state index is 12.5. The van der Waals surface area contributed by atoms with Gasteiger partial charge in [-0.05, 0) is 29.8 Å². The average molecular weight is 353 g/mol. The summed E-state index contributed by atoms with van der Waals surface area (Å²) < 4.78 is 0. The summed E-state index contributed by atoms with van der Waals surface area (Å²) in [6.07, 6.45) is 2.98. The summed E-state index contributed by atoms with van der Waals surface area (Å²) in [7, 11) is 0. The number of pyridine rings is 1. The van der Waals surface area contributed by atoms with Crippen LogP contribution in [0.4, 0.5) is 0 Å². The minimum Gasteiger partial charge on any atom is -0.506 e.